The Morgan fingerprint density at radius 3 is 1.93 bits per heavy atom. The van der Waals surface area contributed by atoms with Crippen molar-refractivity contribution < 1.29 is 17.9 Å². The van der Waals surface area contributed by atoms with Crippen LogP contribution in [0, 0.1) is 35.2 Å². The number of methoxy groups -OCH3 is 1. The van der Waals surface area contributed by atoms with Crippen LogP contribution < -0.4 is 4.74 Å². The van der Waals surface area contributed by atoms with Crippen LogP contribution in [0.5, 0.6) is 5.75 Å². The van der Waals surface area contributed by atoms with Crippen molar-refractivity contribution >= 4 is 0 Å². The molecular weight excluding hydrogens is 505 g/mol. The number of halogens is 3. The number of hydrogen-bond donors (Lipinski definition) is 0. The van der Waals surface area contributed by atoms with Crippen LogP contribution in [0.4, 0.5) is 13.2 Å². The molecule has 2 aliphatic carbocycles. The Balaban J connectivity index is 1.18. The molecule has 40 heavy (non-hydrogen) atoms. The highest BCUT2D eigenvalue weighted by Crippen LogP contribution is 2.45. The number of benzene rings is 3. The third-order valence-corrected chi connectivity index (χ3v) is 9.55. The van der Waals surface area contributed by atoms with Gasteiger partial charge < -0.3 is 4.74 Å². The van der Waals surface area contributed by atoms with Crippen molar-refractivity contribution in [2.45, 2.75) is 77.0 Å². The van der Waals surface area contributed by atoms with Crippen molar-refractivity contribution in [2.24, 2.45) is 17.8 Å². The Hall–Kier alpha value is -3.01. The van der Waals surface area contributed by atoms with Crippen LogP contribution in [-0.4, -0.2) is 7.11 Å². The maximum atomic E-state index is 15.3. The summed E-state index contributed by atoms with van der Waals surface area (Å²) < 4.78 is 48.8. The van der Waals surface area contributed by atoms with E-state index in [0.717, 1.165) is 36.2 Å². The zero-order chi connectivity index (χ0) is 28.1. The van der Waals surface area contributed by atoms with Crippen LogP contribution >= 0.6 is 0 Å². The summed E-state index contributed by atoms with van der Waals surface area (Å²) in [5.74, 6) is 0.716. The smallest absolute Gasteiger partial charge is 0.201 e. The summed E-state index contributed by atoms with van der Waals surface area (Å²) in [6.07, 6.45) is 17.4. The van der Waals surface area contributed by atoms with Gasteiger partial charge in [-0.1, -0.05) is 61.4 Å². The van der Waals surface area contributed by atoms with E-state index in [2.05, 4.69) is 25.1 Å². The van der Waals surface area contributed by atoms with Gasteiger partial charge in [-0.3, -0.25) is 0 Å². The number of ether oxygens (including phenoxy) is 1. The van der Waals surface area contributed by atoms with Gasteiger partial charge in [0.1, 0.15) is 5.82 Å². The molecule has 2 aliphatic rings. The highest BCUT2D eigenvalue weighted by atomic mass is 19.2. The molecule has 0 atom stereocenters. The standard InChI is InChI=1S/C36H41F3O/c1-3-4-5-6-24-7-9-25(10-8-24)26-11-13-27(14-12-26)30-19-20-31(33(37)23-30)28-15-17-29(18-16-28)32-21-22-34(40-2)36(39)35(32)38/h3-4,15-27H,5-14H2,1-2H3. The van der Waals surface area contributed by atoms with Crippen molar-refractivity contribution in [2.75, 3.05) is 7.11 Å². The zero-order valence-corrected chi connectivity index (χ0v) is 23.8. The summed E-state index contributed by atoms with van der Waals surface area (Å²) in [4.78, 5) is 0. The Morgan fingerprint density at radius 2 is 1.32 bits per heavy atom. The lowest BCUT2D eigenvalue weighted by Gasteiger charge is -2.38. The second-order valence-electron chi connectivity index (χ2n) is 11.8. The molecule has 0 unspecified atom stereocenters. The van der Waals surface area contributed by atoms with Gasteiger partial charge in [0.15, 0.2) is 11.6 Å². The molecule has 0 saturated heterocycles. The van der Waals surface area contributed by atoms with Crippen molar-refractivity contribution in [1.29, 1.82) is 0 Å². The first kappa shape index (κ1) is 28.5. The van der Waals surface area contributed by atoms with E-state index in [-0.39, 0.29) is 17.1 Å². The second-order valence-corrected chi connectivity index (χ2v) is 11.8. The van der Waals surface area contributed by atoms with Gasteiger partial charge in [0.25, 0.3) is 0 Å². The Bertz CT molecular complexity index is 1300. The zero-order valence-electron chi connectivity index (χ0n) is 23.8. The lowest BCUT2D eigenvalue weighted by molar-refractivity contribution is 0.157. The molecule has 0 radical (unpaired) electrons. The van der Waals surface area contributed by atoms with E-state index in [0.29, 0.717) is 22.6 Å². The van der Waals surface area contributed by atoms with Gasteiger partial charge >= 0.3 is 0 Å². The molecule has 0 amide bonds. The minimum Gasteiger partial charge on any atom is -0.494 e. The third-order valence-electron chi connectivity index (χ3n) is 9.55. The molecule has 2 fully saturated rings. The lowest BCUT2D eigenvalue weighted by atomic mass is 9.68. The molecule has 0 bridgehead atoms. The van der Waals surface area contributed by atoms with Crippen LogP contribution in [0.2, 0.25) is 0 Å². The molecule has 5 rings (SSSR count). The van der Waals surface area contributed by atoms with E-state index >= 15 is 4.39 Å². The van der Waals surface area contributed by atoms with Crippen molar-refractivity contribution in [1.82, 2.24) is 0 Å². The van der Waals surface area contributed by atoms with Gasteiger partial charge in [0.05, 0.1) is 7.11 Å². The quantitative estimate of drug-likeness (QED) is 0.255. The summed E-state index contributed by atoms with van der Waals surface area (Å²) in [7, 11) is 1.30. The van der Waals surface area contributed by atoms with E-state index in [4.69, 9.17) is 4.74 Å². The molecule has 0 heterocycles. The summed E-state index contributed by atoms with van der Waals surface area (Å²) in [6.45, 7) is 2.11. The number of hydrogen-bond acceptors (Lipinski definition) is 1. The summed E-state index contributed by atoms with van der Waals surface area (Å²) in [6, 6.07) is 15.5. The second kappa shape index (κ2) is 13.1. The van der Waals surface area contributed by atoms with Crippen LogP contribution in [0.3, 0.4) is 0 Å². The van der Waals surface area contributed by atoms with Gasteiger partial charge in [0, 0.05) is 11.1 Å². The minimum absolute atomic E-state index is 0.133. The molecule has 3 aromatic carbocycles. The van der Waals surface area contributed by atoms with Crippen LogP contribution in [0.1, 0.15) is 82.6 Å². The van der Waals surface area contributed by atoms with Gasteiger partial charge in [-0.2, -0.15) is 4.39 Å². The normalized spacial score (nSPS) is 23.4. The van der Waals surface area contributed by atoms with Gasteiger partial charge in [-0.25, -0.2) is 8.78 Å². The van der Waals surface area contributed by atoms with E-state index in [9.17, 15) is 8.78 Å². The van der Waals surface area contributed by atoms with Crippen LogP contribution in [0.25, 0.3) is 22.3 Å². The predicted molar refractivity (Wildman–Crippen MR) is 158 cm³/mol. The Morgan fingerprint density at radius 1 is 0.725 bits per heavy atom. The van der Waals surface area contributed by atoms with Gasteiger partial charge in [-0.05, 0) is 117 Å². The Labute approximate surface area is 237 Å². The SMILES string of the molecule is CC=CCCC1CCC(C2CCC(c3ccc(-c4ccc(-c5ccc(OC)c(F)c5F)cc4)c(F)c3)CC2)CC1. The first-order valence-electron chi connectivity index (χ1n) is 15.0. The molecule has 2 saturated carbocycles. The van der Waals surface area contributed by atoms with Crippen molar-refractivity contribution in [3.05, 3.63) is 89.8 Å². The van der Waals surface area contributed by atoms with Gasteiger partial charge in [0.2, 0.25) is 5.82 Å². The topological polar surface area (TPSA) is 9.23 Å². The maximum Gasteiger partial charge on any atom is 0.201 e. The van der Waals surface area contributed by atoms with Crippen LogP contribution in [-0.2, 0) is 0 Å². The van der Waals surface area contributed by atoms with Gasteiger partial charge in [-0.15, -0.1) is 0 Å². The maximum absolute atomic E-state index is 15.3. The first-order chi connectivity index (χ1) is 19.5. The van der Waals surface area contributed by atoms with E-state index < -0.39 is 11.6 Å². The monoisotopic (exact) mass is 546 g/mol. The molecule has 0 aliphatic heterocycles. The first-order valence-corrected chi connectivity index (χ1v) is 15.0. The molecule has 0 aromatic heterocycles. The highest BCUT2D eigenvalue weighted by Gasteiger charge is 2.31. The number of allylic oxidation sites excluding steroid dienone is 2. The predicted octanol–water partition coefficient (Wildman–Crippen LogP) is 10.9. The van der Waals surface area contributed by atoms with E-state index in [1.54, 1.807) is 30.3 Å². The van der Waals surface area contributed by atoms with Crippen molar-refractivity contribution in [3.63, 3.8) is 0 Å². The molecule has 3 aromatic rings. The van der Waals surface area contributed by atoms with Crippen LogP contribution in [0.15, 0.2) is 66.7 Å². The molecule has 0 N–H and O–H groups in total. The summed E-state index contributed by atoms with van der Waals surface area (Å²) in [5.41, 5.74) is 3.01. The fraction of sp³-hybridized carbons (Fsp3) is 0.444. The fourth-order valence-corrected chi connectivity index (χ4v) is 7.13. The average Bonchev–Trinajstić information content (AvgIpc) is 2.99. The third kappa shape index (κ3) is 6.32. The van der Waals surface area contributed by atoms with E-state index in [1.165, 1.54) is 70.6 Å². The number of rotatable bonds is 8. The average molecular weight is 547 g/mol. The molecular formula is C36H41F3O. The molecule has 4 heteroatoms. The molecule has 1 nitrogen and oxygen atoms in total. The van der Waals surface area contributed by atoms with Crippen molar-refractivity contribution in [3.8, 4) is 28.0 Å². The van der Waals surface area contributed by atoms with E-state index in [1.807, 2.05) is 6.07 Å². The minimum atomic E-state index is -1.01. The summed E-state index contributed by atoms with van der Waals surface area (Å²) in [5, 5.41) is 0. The molecule has 0 spiro atoms. The fourth-order valence-electron chi connectivity index (χ4n) is 7.13. The highest BCUT2D eigenvalue weighted by molar-refractivity contribution is 5.71. The summed E-state index contributed by atoms with van der Waals surface area (Å²) >= 11 is 0. The largest absolute Gasteiger partial charge is 0.494 e. The lowest BCUT2D eigenvalue weighted by Crippen LogP contribution is -2.25. The Kier molecular flexibility index (Phi) is 9.34. The molecule has 212 valence electrons.